The number of carbonyl (C=O) groups excluding carboxylic acids is 3. The second-order valence-electron chi connectivity index (χ2n) is 8.30. The molecule has 3 rings (SSSR count). The zero-order valence-electron chi connectivity index (χ0n) is 21.0. The van der Waals surface area contributed by atoms with Crippen LogP contribution in [0.1, 0.15) is 56.3 Å². The summed E-state index contributed by atoms with van der Waals surface area (Å²) in [6.45, 7) is 5.16. The van der Waals surface area contributed by atoms with E-state index in [1.165, 1.54) is 31.7 Å². The number of amidine groups is 1. The second kappa shape index (κ2) is 13.7. The number of carbonyl (C=O) groups is 3. The SMILES string of the molecule is CCCCCCOc1ccc(NC(=O)[C@H]2CC(=O)N(CC)C(=Nc3ccc(C(=O)OC)cc3)S2)cc1. The molecule has 9 heteroatoms. The Labute approximate surface area is 216 Å². The van der Waals surface area contributed by atoms with Crippen molar-refractivity contribution in [3.05, 3.63) is 54.1 Å². The summed E-state index contributed by atoms with van der Waals surface area (Å²) in [6, 6.07) is 13.8. The van der Waals surface area contributed by atoms with Gasteiger partial charge in [0.05, 0.1) is 25.0 Å². The fourth-order valence-corrected chi connectivity index (χ4v) is 4.79. The van der Waals surface area contributed by atoms with Crippen molar-refractivity contribution in [3.63, 3.8) is 0 Å². The van der Waals surface area contributed by atoms with E-state index in [4.69, 9.17) is 9.47 Å². The molecule has 1 fully saturated rings. The van der Waals surface area contributed by atoms with E-state index in [9.17, 15) is 14.4 Å². The molecule has 1 atom stereocenters. The molecule has 36 heavy (non-hydrogen) atoms. The van der Waals surface area contributed by atoms with E-state index >= 15 is 0 Å². The maximum absolute atomic E-state index is 13.0. The molecule has 2 aromatic carbocycles. The summed E-state index contributed by atoms with van der Waals surface area (Å²) < 4.78 is 10.5. The Balaban J connectivity index is 1.63. The minimum atomic E-state index is -0.608. The number of amides is 2. The zero-order valence-corrected chi connectivity index (χ0v) is 21.8. The summed E-state index contributed by atoms with van der Waals surface area (Å²) in [6.07, 6.45) is 4.66. The van der Waals surface area contributed by atoms with Crippen LogP contribution in [0.15, 0.2) is 53.5 Å². The maximum atomic E-state index is 13.0. The Morgan fingerprint density at radius 1 is 1.06 bits per heavy atom. The number of hydrogen-bond acceptors (Lipinski definition) is 7. The number of thioether (sulfide) groups is 1. The van der Waals surface area contributed by atoms with E-state index in [2.05, 4.69) is 17.2 Å². The summed E-state index contributed by atoms with van der Waals surface area (Å²) in [4.78, 5) is 43.5. The number of nitrogens with one attached hydrogen (secondary N) is 1. The Morgan fingerprint density at radius 3 is 2.42 bits per heavy atom. The van der Waals surface area contributed by atoms with Gasteiger partial charge in [-0.1, -0.05) is 37.9 Å². The number of unbranched alkanes of at least 4 members (excludes halogenated alkanes) is 3. The first kappa shape index (κ1) is 27.3. The van der Waals surface area contributed by atoms with Crippen LogP contribution in [0.25, 0.3) is 0 Å². The predicted molar refractivity (Wildman–Crippen MR) is 143 cm³/mol. The van der Waals surface area contributed by atoms with Gasteiger partial charge >= 0.3 is 5.97 Å². The normalized spacial score (nSPS) is 16.6. The molecule has 8 nitrogen and oxygen atoms in total. The van der Waals surface area contributed by atoms with E-state index in [0.717, 1.165) is 18.6 Å². The average Bonchev–Trinajstić information content (AvgIpc) is 2.89. The number of aliphatic imine (C=N–C) groups is 1. The highest BCUT2D eigenvalue weighted by atomic mass is 32.2. The van der Waals surface area contributed by atoms with Crippen LogP contribution in [0.3, 0.4) is 0 Å². The lowest BCUT2D eigenvalue weighted by Gasteiger charge is -2.30. The van der Waals surface area contributed by atoms with E-state index in [1.54, 1.807) is 41.3 Å². The molecule has 1 saturated heterocycles. The van der Waals surface area contributed by atoms with Gasteiger partial charge in [-0.05, 0) is 61.9 Å². The predicted octanol–water partition coefficient (Wildman–Crippen LogP) is 5.41. The van der Waals surface area contributed by atoms with Crippen LogP contribution < -0.4 is 10.1 Å². The van der Waals surface area contributed by atoms with E-state index in [1.807, 2.05) is 19.1 Å². The molecule has 0 bridgehead atoms. The van der Waals surface area contributed by atoms with Gasteiger partial charge in [0.15, 0.2) is 5.17 Å². The lowest BCUT2D eigenvalue weighted by atomic mass is 10.2. The van der Waals surface area contributed by atoms with Crippen LogP contribution in [0.2, 0.25) is 0 Å². The van der Waals surface area contributed by atoms with Crippen LogP contribution in [0.5, 0.6) is 5.75 Å². The molecule has 0 aliphatic carbocycles. The van der Waals surface area contributed by atoms with E-state index < -0.39 is 11.2 Å². The van der Waals surface area contributed by atoms with Crippen molar-refractivity contribution < 1.29 is 23.9 Å². The van der Waals surface area contributed by atoms with Gasteiger partial charge in [0.2, 0.25) is 11.8 Å². The number of methoxy groups -OCH3 is 1. The van der Waals surface area contributed by atoms with Gasteiger partial charge in [0.25, 0.3) is 0 Å². The lowest BCUT2D eigenvalue weighted by molar-refractivity contribution is -0.129. The molecule has 1 heterocycles. The fourth-order valence-electron chi connectivity index (χ4n) is 3.63. The average molecular weight is 512 g/mol. The molecule has 1 N–H and O–H groups in total. The Hall–Kier alpha value is -3.33. The fraction of sp³-hybridized carbons (Fsp3) is 0.407. The van der Waals surface area contributed by atoms with Crippen LogP contribution in [0.4, 0.5) is 11.4 Å². The molecule has 1 aliphatic heterocycles. The highest BCUT2D eigenvalue weighted by Gasteiger charge is 2.35. The van der Waals surface area contributed by atoms with Crippen molar-refractivity contribution in [2.24, 2.45) is 4.99 Å². The van der Waals surface area contributed by atoms with Gasteiger partial charge in [-0.25, -0.2) is 9.79 Å². The van der Waals surface area contributed by atoms with Gasteiger partial charge in [-0.2, -0.15) is 0 Å². The first-order valence-electron chi connectivity index (χ1n) is 12.2. The van der Waals surface area contributed by atoms with Crippen molar-refractivity contribution in [2.75, 3.05) is 25.6 Å². The first-order valence-corrected chi connectivity index (χ1v) is 13.1. The quantitative estimate of drug-likeness (QED) is 0.320. The minimum Gasteiger partial charge on any atom is -0.494 e. The highest BCUT2D eigenvalue weighted by Crippen LogP contribution is 2.30. The van der Waals surface area contributed by atoms with Gasteiger partial charge in [-0.3, -0.25) is 14.5 Å². The van der Waals surface area contributed by atoms with Gasteiger partial charge < -0.3 is 14.8 Å². The molecule has 0 radical (unpaired) electrons. The van der Waals surface area contributed by atoms with Crippen molar-refractivity contribution in [2.45, 2.75) is 51.2 Å². The van der Waals surface area contributed by atoms with Crippen LogP contribution >= 0.6 is 11.8 Å². The molecule has 0 saturated carbocycles. The van der Waals surface area contributed by atoms with E-state index in [-0.39, 0.29) is 18.2 Å². The summed E-state index contributed by atoms with van der Waals surface area (Å²) >= 11 is 1.25. The number of rotatable bonds is 11. The van der Waals surface area contributed by atoms with Crippen LogP contribution in [-0.4, -0.2) is 53.4 Å². The summed E-state index contributed by atoms with van der Waals surface area (Å²) in [7, 11) is 1.32. The molecule has 0 spiro atoms. The Bertz CT molecular complexity index is 1070. The number of hydrogen-bond donors (Lipinski definition) is 1. The zero-order chi connectivity index (χ0) is 25.9. The molecule has 1 aliphatic rings. The molecule has 2 aromatic rings. The van der Waals surface area contributed by atoms with Crippen LogP contribution in [-0.2, 0) is 14.3 Å². The van der Waals surface area contributed by atoms with Crippen molar-refractivity contribution >= 4 is 46.1 Å². The molecule has 0 aromatic heterocycles. The summed E-state index contributed by atoms with van der Waals surface area (Å²) in [5, 5.41) is 2.74. The second-order valence-corrected chi connectivity index (χ2v) is 9.47. The topological polar surface area (TPSA) is 97.3 Å². The number of benzene rings is 2. The molecular weight excluding hydrogens is 478 g/mol. The molecule has 192 valence electrons. The first-order chi connectivity index (χ1) is 17.4. The van der Waals surface area contributed by atoms with Gasteiger partial charge in [-0.15, -0.1) is 0 Å². The smallest absolute Gasteiger partial charge is 0.337 e. The minimum absolute atomic E-state index is 0.0869. The van der Waals surface area contributed by atoms with Gasteiger partial charge in [0.1, 0.15) is 11.0 Å². The standard InChI is InChI=1S/C27H33N3O5S/c1-4-6-7-8-17-35-22-15-13-20(14-16-22)28-25(32)23-18-24(31)30(5-2)27(36-23)29-21-11-9-19(10-12-21)26(33)34-3/h9-16,23H,4-8,17-18H2,1-3H3,(H,28,32)/t23-/m1/s1. The highest BCUT2D eigenvalue weighted by molar-refractivity contribution is 8.15. The summed E-state index contributed by atoms with van der Waals surface area (Å²) in [5.41, 5.74) is 1.62. The van der Waals surface area contributed by atoms with Crippen LogP contribution in [0, 0.1) is 0 Å². The molecule has 0 unspecified atom stereocenters. The summed E-state index contributed by atoms with van der Waals surface area (Å²) in [5.74, 6) is -0.0907. The number of ether oxygens (including phenoxy) is 2. The third-order valence-electron chi connectivity index (χ3n) is 5.65. The molecular formula is C27H33N3O5S. The van der Waals surface area contributed by atoms with Crippen molar-refractivity contribution in [3.8, 4) is 5.75 Å². The number of nitrogens with zero attached hydrogens (tertiary/aromatic N) is 2. The van der Waals surface area contributed by atoms with Crippen molar-refractivity contribution in [1.82, 2.24) is 4.90 Å². The maximum Gasteiger partial charge on any atom is 0.337 e. The monoisotopic (exact) mass is 511 g/mol. The van der Waals surface area contributed by atoms with Crippen molar-refractivity contribution in [1.29, 1.82) is 0 Å². The third-order valence-corrected chi connectivity index (χ3v) is 6.84. The van der Waals surface area contributed by atoms with Gasteiger partial charge in [0, 0.05) is 18.7 Å². The Morgan fingerprint density at radius 2 is 1.78 bits per heavy atom. The number of anilines is 1. The Kier molecular flexibility index (Phi) is 10.4. The third kappa shape index (κ3) is 7.58. The lowest BCUT2D eigenvalue weighted by Crippen LogP contribution is -2.45. The number of esters is 1. The van der Waals surface area contributed by atoms with E-state index in [0.29, 0.717) is 35.3 Å². The molecule has 2 amide bonds. The largest absolute Gasteiger partial charge is 0.494 e.